The summed E-state index contributed by atoms with van der Waals surface area (Å²) in [7, 11) is 0. The third-order valence-electron chi connectivity index (χ3n) is 4.49. The van der Waals surface area contributed by atoms with Gasteiger partial charge in [-0.1, -0.05) is 65.4 Å². The fourth-order valence-electron chi connectivity index (χ4n) is 2.84. The molecule has 4 nitrogen and oxygen atoms in total. The largest absolute Gasteiger partial charge is 0.423 e. The molecule has 0 aliphatic rings. The van der Waals surface area contributed by atoms with Crippen LogP contribution in [0.1, 0.15) is 97.0 Å². The van der Waals surface area contributed by atoms with E-state index in [1.54, 1.807) is 6.07 Å². The van der Waals surface area contributed by atoms with E-state index in [0.717, 1.165) is 63.4 Å². The summed E-state index contributed by atoms with van der Waals surface area (Å²) in [5.41, 5.74) is 1.10. The molecule has 4 heteroatoms. The standard InChI is InChI=1S/C23H36O4/c1-4-7-10-13-19-16-17-20(26-22(24)14-11-8-5-2)21(18-19)27-23(25)15-12-9-6-3/h16-18H,4-15H2,1-3H3. The summed E-state index contributed by atoms with van der Waals surface area (Å²) in [4.78, 5) is 24.2. The lowest BCUT2D eigenvalue weighted by atomic mass is 10.1. The van der Waals surface area contributed by atoms with Gasteiger partial charge in [-0.15, -0.1) is 0 Å². The summed E-state index contributed by atoms with van der Waals surface area (Å²) in [5, 5.41) is 0. The Morgan fingerprint density at radius 1 is 0.704 bits per heavy atom. The van der Waals surface area contributed by atoms with Crippen molar-refractivity contribution in [3.05, 3.63) is 23.8 Å². The van der Waals surface area contributed by atoms with Gasteiger partial charge in [-0.25, -0.2) is 0 Å². The third-order valence-corrected chi connectivity index (χ3v) is 4.49. The van der Waals surface area contributed by atoms with Gasteiger partial charge in [0, 0.05) is 12.8 Å². The minimum absolute atomic E-state index is 0.266. The predicted molar refractivity (Wildman–Crippen MR) is 109 cm³/mol. The number of unbranched alkanes of at least 4 members (excludes halogenated alkanes) is 6. The SMILES string of the molecule is CCCCCC(=O)Oc1ccc(CCCCC)cc1OC(=O)CCCCC. The van der Waals surface area contributed by atoms with Crippen LogP contribution >= 0.6 is 0 Å². The first-order valence-corrected chi connectivity index (χ1v) is 10.6. The van der Waals surface area contributed by atoms with Crippen molar-refractivity contribution in [1.82, 2.24) is 0 Å². The molecule has 0 heterocycles. The van der Waals surface area contributed by atoms with Gasteiger partial charge in [-0.3, -0.25) is 9.59 Å². The number of carbonyl (C=O) groups is 2. The molecule has 0 N–H and O–H groups in total. The second kappa shape index (κ2) is 14.2. The lowest BCUT2D eigenvalue weighted by Gasteiger charge is -2.12. The molecular weight excluding hydrogens is 340 g/mol. The lowest BCUT2D eigenvalue weighted by molar-refractivity contribution is -0.137. The smallest absolute Gasteiger partial charge is 0.311 e. The Morgan fingerprint density at radius 2 is 1.22 bits per heavy atom. The first-order chi connectivity index (χ1) is 13.1. The van der Waals surface area contributed by atoms with E-state index in [2.05, 4.69) is 20.8 Å². The molecule has 0 saturated carbocycles. The lowest BCUT2D eigenvalue weighted by Crippen LogP contribution is -2.12. The van der Waals surface area contributed by atoms with Crippen molar-refractivity contribution in [2.45, 2.75) is 97.8 Å². The van der Waals surface area contributed by atoms with Crippen LogP contribution in [-0.2, 0) is 16.0 Å². The van der Waals surface area contributed by atoms with Gasteiger partial charge in [-0.05, 0) is 43.4 Å². The van der Waals surface area contributed by atoms with E-state index in [-0.39, 0.29) is 11.9 Å². The highest BCUT2D eigenvalue weighted by molar-refractivity contribution is 5.76. The third kappa shape index (κ3) is 10.2. The maximum atomic E-state index is 12.1. The molecule has 0 spiro atoms. The normalized spacial score (nSPS) is 10.6. The summed E-state index contributed by atoms with van der Waals surface area (Å²) in [5.74, 6) is 0.178. The van der Waals surface area contributed by atoms with Crippen LogP contribution in [0, 0.1) is 0 Å². The van der Waals surface area contributed by atoms with Crippen molar-refractivity contribution < 1.29 is 19.1 Å². The van der Waals surface area contributed by atoms with Crippen LogP contribution in [0.4, 0.5) is 0 Å². The average molecular weight is 377 g/mol. The Kier molecular flexibility index (Phi) is 12.2. The number of esters is 2. The molecule has 1 aromatic carbocycles. The Hall–Kier alpha value is -1.84. The van der Waals surface area contributed by atoms with Gasteiger partial charge >= 0.3 is 11.9 Å². The molecule has 0 aromatic heterocycles. The number of hydrogen-bond acceptors (Lipinski definition) is 4. The summed E-state index contributed by atoms with van der Waals surface area (Å²) >= 11 is 0. The van der Waals surface area contributed by atoms with Gasteiger partial charge in [-0.2, -0.15) is 0 Å². The molecule has 0 radical (unpaired) electrons. The fraction of sp³-hybridized carbons (Fsp3) is 0.652. The number of hydrogen-bond donors (Lipinski definition) is 0. The zero-order valence-electron chi connectivity index (χ0n) is 17.4. The van der Waals surface area contributed by atoms with Crippen molar-refractivity contribution in [3.8, 4) is 11.5 Å². The summed E-state index contributed by atoms with van der Waals surface area (Å²) in [6.07, 6.45) is 10.9. The van der Waals surface area contributed by atoms with Crippen LogP contribution in [0.5, 0.6) is 11.5 Å². The van der Waals surface area contributed by atoms with Crippen LogP contribution < -0.4 is 9.47 Å². The molecule has 0 atom stereocenters. The second-order valence-corrected chi connectivity index (χ2v) is 7.10. The number of aryl methyl sites for hydroxylation is 1. The molecule has 152 valence electrons. The fourth-order valence-corrected chi connectivity index (χ4v) is 2.84. The monoisotopic (exact) mass is 376 g/mol. The van der Waals surface area contributed by atoms with E-state index in [1.807, 2.05) is 12.1 Å². The summed E-state index contributed by atoms with van der Waals surface area (Å²) in [6, 6.07) is 5.56. The molecule has 0 saturated heterocycles. The van der Waals surface area contributed by atoms with E-state index in [4.69, 9.17) is 9.47 Å². The average Bonchev–Trinajstić information content (AvgIpc) is 2.64. The van der Waals surface area contributed by atoms with Crippen molar-refractivity contribution in [2.75, 3.05) is 0 Å². The summed E-state index contributed by atoms with van der Waals surface area (Å²) in [6.45, 7) is 6.37. The van der Waals surface area contributed by atoms with Gasteiger partial charge in [0.15, 0.2) is 11.5 Å². The van der Waals surface area contributed by atoms with E-state index in [9.17, 15) is 9.59 Å². The second-order valence-electron chi connectivity index (χ2n) is 7.10. The molecule has 0 aliphatic carbocycles. The van der Waals surface area contributed by atoms with E-state index >= 15 is 0 Å². The van der Waals surface area contributed by atoms with Crippen molar-refractivity contribution in [3.63, 3.8) is 0 Å². The van der Waals surface area contributed by atoms with Gasteiger partial charge < -0.3 is 9.47 Å². The van der Waals surface area contributed by atoms with Crippen LogP contribution in [-0.4, -0.2) is 11.9 Å². The van der Waals surface area contributed by atoms with Crippen LogP contribution in [0.3, 0.4) is 0 Å². The van der Waals surface area contributed by atoms with Gasteiger partial charge in [0.25, 0.3) is 0 Å². The topological polar surface area (TPSA) is 52.6 Å². The van der Waals surface area contributed by atoms with Crippen LogP contribution in [0.25, 0.3) is 0 Å². The van der Waals surface area contributed by atoms with Crippen molar-refractivity contribution in [2.24, 2.45) is 0 Å². The molecule has 0 unspecified atom stereocenters. The maximum absolute atomic E-state index is 12.1. The zero-order valence-corrected chi connectivity index (χ0v) is 17.4. The molecule has 0 aliphatic heterocycles. The molecule has 0 amide bonds. The highest BCUT2D eigenvalue weighted by Gasteiger charge is 2.15. The quantitative estimate of drug-likeness (QED) is 0.214. The van der Waals surface area contributed by atoms with Gasteiger partial charge in [0.1, 0.15) is 0 Å². The Labute approximate surface area is 164 Å². The van der Waals surface area contributed by atoms with Crippen molar-refractivity contribution in [1.29, 1.82) is 0 Å². The Balaban J connectivity index is 2.79. The minimum Gasteiger partial charge on any atom is -0.423 e. The van der Waals surface area contributed by atoms with Crippen LogP contribution in [0.15, 0.2) is 18.2 Å². The number of benzene rings is 1. The van der Waals surface area contributed by atoms with E-state index in [1.165, 1.54) is 6.42 Å². The Morgan fingerprint density at radius 3 is 1.78 bits per heavy atom. The molecule has 1 aromatic rings. The van der Waals surface area contributed by atoms with Crippen LogP contribution in [0.2, 0.25) is 0 Å². The van der Waals surface area contributed by atoms with E-state index in [0.29, 0.717) is 24.3 Å². The summed E-state index contributed by atoms with van der Waals surface area (Å²) < 4.78 is 11.0. The molecule has 1 rings (SSSR count). The molecular formula is C23H36O4. The first-order valence-electron chi connectivity index (χ1n) is 10.6. The maximum Gasteiger partial charge on any atom is 0.311 e. The molecule has 0 fully saturated rings. The Bertz CT molecular complexity index is 565. The predicted octanol–water partition coefficient (Wildman–Crippen LogP) is 6.39. The molecule has 0 bridgehead atoms. The zero-order chi connectivity index (χ0) is 19.9. The number of rotatable bonds is 14. The minimum atomic E-state index is -0.273. The highest BCUT2D eigenvalue weighted by atomic mass is 16.6. The number of carbonyl (C=O) groups excluding carboxylic acids is 2. The van der Waals surface area contributed by atoms with E-state index < -0.39 is 0 Å². The highest BCUT2D eigenvalue weighted by Crippen LogP contribution is 2.30. The van der Waals surface area contributed by atoms with Gasteiger partial charge in [0.05, 0.1) is 0 Å². The van der Waals surface area contributed by atoms with Gasteiger partial charge in [0.2, 0.25) is 0 Å². The molecule has 27 heavy (non-hydrogen) atoms. The van der Waals surface area contributed by atoms with Crippen molar-refractivity contribution >= 4 is 11.9 Å². The first kappa shape index (κ1) is 23.2. The number of ether oxygens (including phenoxy) is 2.